The van der Waals surface area contributed by atoms with Crippen LogP contribution in [-0.4, -0.2) is 42.9 Å². The average molecular weight is 484 g/mol. The molecule has 8 nitrogen and oxygen atoms in total. The molecule has 0 saturated heterocycles. The summed E-state index contributed by atoms with van der Waals surface area (Å²) < 4.78 is 10.6. The minimum atomic E-state index is -0.447. The number of hydrogen-bond acceptors (Lipinski definition) is 7. The molecule has 1 aromatic carbocycles. The van der Waals surface area contributed by atoms with Crippen LogP contribution in [0.25, 0.3) is 0 Å². The minimum absolute atomic E-state index is 0.0829. The highest BCUT2D eigenvalue weighted by molar-refractivity contribution is 7.16. The number of carbonyl (C=O) groups is 3. The lowest BCUT2D eigenvalue weighted by Crippen LogP contribution is -2.32. The summed E-state index contributed by atoms with van der Waals surface area (Å²) in [7, 11) is 1.59. The van der Waals surface area contributed by atoms with Gasteiger partial charge in [-0.1, -0.05) is 19.1 Å². The number of carbonyl (C=O) groups excluding carboxylic acids is 3. The van der Waals surface area contributed by atoms with Crippen LogP contribution < -0.4 is 10.6 Å². The molecule has 2 N–H and O–H groups in total. The zero-order valence-corrected chi connectivity index (χ0v) is 20.4. The molecule has 180 valence electrons. The topological polar surface area (TPSA) is 101 Å². The van der Waals surface area contributed by atoms with Crippen LogP contribution in [0.1, 0.15) is 50.8 Å². The van der Waals surface area contributed by atoms with Crippen molar-refractivity contribution in [1.82, 2.24) is 10.2 Å². The highest BCUT2D eigenvalue weighted by Gasteiger charge is 2.20. The maximum atomic E-state index is 13.0. The molecule has 34 heavy (non-hydrogen) atoms. The Kier molecular flexibility index (Phi) is 9.00. The summed E-state index contributed by atoms with van der Waals surface area (Å²) in [6.45, 7) is 4.98. The van der Waals surface area contributed by atoms with Crippen LogP contribution in [0, 0.1) is 0 Å². The van der Waals surface area contributed by atoms with E-state index in [0.717, 1.165) is 22.6 Å². The summed E-state index contributed by atoms with van der Waals surface area (Å²) >= 11 is 1.38. The predicted molar refractivity (Wildman–Crippen MR) is 131 cm³/mol. The molecule has 2 aromatic heterocycles. The standard InChI is InChI=1S/C25H29N3O5S/c1-4-20-13-21(25(31)32-5-2)24(34-20)27-22(29)16-28(15-19-7-6-12-33-19)14-17-8-10-18(11-9-17)23(30)26-3/h6-13H,4-5,14-16H2,1-3H3,(H,26,30)(H,27,29). The van der Waals surface area contributed by atoms with Gasteiger partial charge in [-0.2, -0.15) is 0 Å². The Morgan fingerprint density at radius 3 is 2.47 bits per heavy atom. The SMILES string of the molecule is CCOC(=O)c1cc(CC)sc1NC(=O)CN(Cc1ccc(C(=O)NC)cc1)Cc1ccco1. The van der Waals surface area contributed by atoms with Crippen molar-refractivity contribution in [3.05, 3.63) is 76.1 Å². The lowest BCUT2D eigenvalue weighted by Gasteiger charge is -2.21. The summed E-state index contributed by atoms with van der Waals surface area (Å²) in [4.78, 5) is 40.0. The van der Waals surface area contributed by atoms with Crippen LogP contribution in [0.2, 0.25) is 0 Å². The van der Waals surface area contributed by atoms with Crippen LogP contribution in [-0.2, 0) is 29.0 Å². The summed E-state index contributed by atoms with van der Waals surface area (Å²) in [5.41, 5.74) is 1.89. The second-order valence-electron chi connectivity index (χ2n) is 7.58. The van der Waals surface area contributed by atoms with E-state index in [9.17, 15) is 14.4 Å². The number of aryl methyl sites for hydroxylation is 1. The van der Waals surface area contributed by atoms with Gasteiger partial charge in [0.05, 0.1) is 31.5 Å². The van der Waals surface area contributed by atoms with Crippen molar-refractivity contribution in [3.8, 4) is 0 Å². The van der Waals surface area contributed by atoms with Gasteiger partial charge >= 0.3 is 5.97 Å². The third-order valence-electron chi connectivity index (χ3n) is 5.06. The van der Waals surface area contributed by atoms with E-state index in [2.05, 4.69) is 10.6 Å². The van der Waals surface area contributed by atoms with Gasteiger partial charge in [0.15, 0.2) is 0 Å². The molecule has 2 heterocycles. The van der Waals surface area contributed by atoms with Crippen LogP contribution in [0.5, 0.6) is 0 Å². The third-order valence-corrected chi connectivity index (χ3v) is 6.25. The largest absolute Gasteiger partial charge is 0.468 e. The Labute approximate surface area is 202 Å². The molecular formula is C25H29N3O5S. The molecular weight excluding hydrogens is 454 g/mol. The summed E-state index contributed by atoms with van der Waals surface area (Å²) in [5, 5.41) is 5.98. The van der Waals surface area contributed by atoms with Crippen LogP contribution in [0.3, 0.4) is 0 Å². The number of furan rings is 1. The Balaban J connectivity index is 1.73. The first kappa shape index (κ1) is 25.2. The first-order valence-electron chi connectivity index (χ1n) is 11.1. The molecule has 0 fully saturated rings. The second kappa shape index (κ2) is 12.2. The molecule has 3 aromatic rings. The van der Waals surface area contributed by atoms with Gasteiger partial charge in [0.2, 0.25) is 5.91 Å². The second-order valence-corrected chi connectivity index (χ2v) is 8.72. The molecule has 0 aliphatic carbocycles. The van der Waals surface area contributed by atoms with Crippen LogP contribution in [0.4, 0.5) is 5.00 Å². The maximum absolute atomic E-state index is 13.0. The highest BCUT2D eigenvalue weighted by atomic mass is 32.1. The van der Waals surface area contributed by atoms with Crippen LogP contribution >= 0.6 is 11.3 Å². The van der Waals surface area contributed by atoms with Gasteiger partial charge in [-0.3, -0.25) is 14.5 Å². The van der Waals surface area contributed by atoms with Gasteiger partial charge in [0.25, 0.3) is 5.91 Å². The summed E-state index contributed by atoms with van der Waals surface area (Å²) in [6.07, 6.45) is 2.35. The number of nitrogens with zero attached hydrogens (tertiary/aromatic N) is 1. The molecule has 0 aliphatic heterocycles. The number of thiophene rings is 1. The molecule has 0 spiro atoms. The van der Waals surface area contributed by atoms with Crippen molar-refractivity contribution in [2.24, 2.45) is 0 Å². The van der Waals surface area contributed by atoms with Crippen molar-refractivity contribution < 1.29 is 23.5 Å². The first-order valence-corrected chi connectivity index (χ1v) is 11.9. The van der Waals surface area contributed by atoms with Gasteiger partial charge in [0.1, 0.15) is 10.8 Å². The lowest BCUT2D eigenvalue weighted by molar-refractivity contribution is -0.117. The predicted octanol–water partition coefficient (Wildman–Crippen LogP) is 4.08. The van der Waals surface area contributed by atoms with E-state index < -0.39 is 5.97 Å². The molecule has 0 radical (unpaired) electrons. The Morgan fingerprint density at radius 1 is 1.09 bits per heavy atom. The monoisotopic (exact) mass is 483 g/mol. The number of esters is 1. The van der Waals surface area contributed by atoms with Crippen molar-refractivity contribution in [1.29, 1.82) is 0 Å². The average Bonchev–Trinajstić information content (AvgIpc) is 3.49. The molecule has 0 unspecified atom stereocenters. The number of benzene rings is 1. The van der Waals surface area contributed by atoms with Gasteiger partial charge in [-0.25, -0.2) is 4.79 Å². The fraction of sp³-hybridized carbons (Fsp3) is 0.320. The van der Waals surface area contributed by atoms with E-state index >= 15 is 0 Å². The lowest BCUT2D eigenvalue weighted by atomic mass is 10.1. The van der Waals surface area contributed by atoms with E-state index in [0.29, 0.717) is 29.2 Å². The molecule has 3 rings (SSSR count). The maximum Gasteiger partial charge on any atom is 0.341 e. The van der Waals surface area contributed by atoms with E-state index in [-0.39, 0.29) is 25.0 Å². The van der Waals surface area contributed by atoms with Gasteiger partial charge in [0, 0.05) is 24.0 Å². The molecule has 2 amide bonds. The fourth-order valence-corrected chi connectivity index (χ4v) is 4.39. The number of nitrogens with one attached hydrogen (secondary N) is 2. The highest BCUT2D eigenvalue weighted by Crippen LogP contribution is 2.29. The number of anilines is 1. The molecule has 0 atom stereocenters. The van der Waals surface area contributed by atoms with E-state index in [4.69, 9.17) is 9.15 Å². The normalized spacial score (nSPS) is 10.8. The zero-order chi connectivity index (χ0) is 24.5. The Bertz CT molecular complexity index is 1110. The van der Waals surface area contributed by atoms with Gasteiger partial charge in [-0.05, 0) is 49.2 Å². The Hall–Kier alpha value is -3.43. The van der Waals surface area contributed by atoms with Crippen molar-refractivity contribution in [2.45, 2.75) is 33.4 Å². The number of rotatable bonds is 11. The number of amides is 2. The third kappa shape index (κ3) is 6.79. The van der Waals surface area contributed by atoms with Crippen molar-refractivity contribution in [3.63, 3.8) is 0 Å². The van der Waals surface area contributed by atoms with E-state index in [1.54, 1.807) is 44.5 Å². The van der Waals surface area contributed by atoms with Crippen molar-refractivity contribution >= 4 is 34.1 Å². The first-order chi connectivity index (χ1) is 16.4. The summed E-state index contributed by atoms with van der Waals surface area (Å²) in [5.74, 6) is -0.120. The number of ether oxygens (including phenoxy) is 1. The van der Waals surface area contributed by atoms with Crippen LogP contribution in [0.15, 0.2) is 53.1 Å². The quantitative estimate of drug-likeness (QED) is 0.399. The molecule has 0 aliphatic rings. The Morgan fingerprint density at radius 2 is 1.85 bits per heavy atom. The summed E-state index contributed by atoms with van der Waals surface area (Å²) in [6, 6.07) is 12.7. The number of hydrogen-bond donors (Lipinski definition) is 2. The minimum Gasteiger partial charge on any atom is -0.468 e. The molecule has 0 saturated carbocycles. The van der Waals surface area contributed by atoms with E-state index in [1.165, 1.54) is 11.3 Å². The van der Waals surface area contributed by atoms with Crippen molar-refractivity contribution in [2.75, 3.05) is 25.5 Å². The van der Waals surface area contributed by atoms with E-state index in [1.807, 2.05) is 30.0 Å². The molecule has 9 heteroatoms. The zero-order valence-electron chi connectivity index (χ0n) is 19.6. The fourth-order valence-electron chi connectivity index (χ4n) is 3.39. The smallest absolute Gasteiger partial charge is 0.341 e. The molecule has 0 bridgehead atoms. The van der Waals surface area contributed by atoms with Gasteiger partial charge in [-0.15, -0.1) is 11.3 Å². The van der Waals surface area contributed by atoms with Gasteiger partial charge < -0.3 is 19.8 Å².